The zero-order chi connectivity index (χ0) is 18.0. The van der Waals surface area contributed by atoms with Gasteiger partial charge in [0.15, 0.2) is 0 Å². The molecule has 0 saturated heterocycles. The summed E-state index contributed by atoms with van der Waals surface area (Å²) in [6.07, 6.45) is -0.914. The van der Waals surface area contributed by atoms with E-state index in [1.807, 2.05) is 48.5 Å². The number of hydrogen-bond acceptors (Lipinski definition) is 4. The van der Waals surface area contributed by atoms with Gasteiger partial charge in [-0.25, -0.2) is 9.59 Å². The molecule has 0 aliphatic rings. The van der Waals surface area contributed by atoms with Crippen molar-refractivity contribution in [3.63, 3.8) is 0 Å². The molecule has 0 aromatic carbocycles. The highest BCUT2D eigenvalue weighted by Gasteiger charge is 2.28. The van der Waals surface area contributed by atoms with Crippen LogP contribution in [0.25, 0.3) is 0 Å². The van der Waals surface area contributed by atoms with E-state index in [9.17, 15) is 9.59 Å². The monoisotopic (exact) mass is 330 g/mol. The van der Waals surface area contributed by atoms with E-state index in [2.05, 4.69) is 0 Å². The lowest BCUT2D eigenvalue weighted by Crippen LogP contribution is -2.40. The molecule has 0 heterocycles. The maximum Gasteiger partial charge on any atom is 0.410 e. The van der Waals surface area contributed by atoms with Gasteiger partial charge in [0.25, 0.3) is 0 Å². The molecule has 0 aromatic rings. The van der Waals surface area contributed by atoms with Gasteiger partial charge in [-0.1, -0.05) is 20.8 Å². The van der Waals surface area contributed by atoms with Gasteiger partial charge in [-0.3, -0.25) is 0 Å². The van der Waals surface area contributed by atoms with E-state index in [-0.39, 0.29) is 36.7 Å². The van der Waals surface area contributed by atoms with Crippen LogP contribution in [-0.4, -0.2) is 60.9 Å². The molecule has 6 nitrogen and oxygen atoms in total. The average Bonchev–Trinajstić information content (AvgIpc) is 2.52. The Balaban J connectivity index is 4.65. The molecule has 0 bridgehead atoms. The summed E-state index contributed by atoms with van der Waals surface area (Å²) in [5.41, 5.74) is 0. The summed E-state index contributed by atoms with van der Waals surface area (Å²) in [5.74, 6) is 0.0886. The molecule has 0 aliphatic carbocycles. The number of amides is 2. The summed E-state index contributed by atoms with van der Waals surface area (Å²) >= 11 is 0. The van der Waals surface area contributed by atoms with E-state index in [0.29, 0.717) is 26.2 Å². The third-order valence-electron chi connectivity index (χ3n) is 3.97. The lowest BCUT2D eigenvalue weighted by molar-refractivity contribution is -0.00556. The summed E-state index contributed by atoms with van der Waals surface area (Å²) < 4.78 is 11.0. The quantitative estimate of drug-likeness (QED) is 0.648. The molecule has 0 aliphatic heterocycles. The smallest absolute Gasteiger partial charge is 0.410 e. The van der Waals surface area contributed by atoms with Gasteiger partial charge in [0, 0.05) is 32.1 Å². The standard InChI is InChI=1S/C17H34N2O4/c1-8-18(9-2)16(20)22-12-14(7)15(13(5)6)23-17(21)19(10-3)11-4/h13-15H,8-12H2,1-7H3. The molecule has 2 amide bonds. The Labute approximate surface area is 141 Å². The Morgan fingerprint density at radius 1 is 0.826 bits per heavy atom. The van der Waals surface area contributed by atoms with E-state index < -0.39 is 0 Å². The van der Waals surface area contributed by atoms with Crippen LogP contribution in [0.2, 0.25) is 0 Å². The van der Waals surface area contributed by atoms with Crippen LogP contribution < -0.4 is 0 Å². The fraction of sp³-hybridized carbons (Fsp3) is 0.882. The molecular weight excluding hydrogens is 296 g/mol. The summed E-state index contributed by atoms with van der Waals surface area (Å²) in [5, 5.41) is 0. The second-order valence-corrected chi connectivity index (χ2v) is 5.99. The molecular formula is C17H34N2O4. The van der Waals surface area contributed by atoms with Gasteiger partial charge in [-0.05, 0) is 33.6 Å². The first-order valence-electron chi connectivity index (χ1n) is 8.69. The molecule has 23 heavy (non-hydrogen) atoms. The molecule has 2 unspecified atom stereocenters. The van der Waals surface area contributed by atoms with Crippen LogP contribution >= 0.6 is 0 Å². The molecule has 136 valence electrons. The predicted molar refractivity (Wildman–Crippen MR) is 91.5 cm³/mol. The molecule has 6 heteroatoms. The molecule has 0 aromatic heterocycles. The van der Waals surface area contributed by atoms with Crippen LogP contribution in [0.15, 0.2) is 0 Å². The topological polar surface area (TPSA) is 59.1 Å². The van der Waals surface area contributed by atoms with E-state index in [4.69, 9.17) is 9.47 Å². The second kappa shape index (κ2) is 11.1. The largest absolute Gasteiger partial charge is 0.449 e. The minimum atomic E-state index is -0.320. The maximum atomic E-state index is 12.2. The van der Waals surface area contributed by atoms with Crippen LogP contribution in [0.1, 0.15) is 48.5 Å². The summed E-state index contributed by atoms with van der Waals surface area (Å²) in [7, 11) is 0. The third-order valence-corrected chi connectivity index (χ3v) is 3.97. The van der Waals surface area contributed by atoms with E-state index in [1.54, 1.807) is 9.80 Å². The van der Waals surface area contributed by atoms with Crippen molar-refractivity contribution >= 4 is 12.2 Å². The number of hydrogen-bond donors (Lipinski definition) is 0. The van der Waals surface area contributed by atoms with Crippen molar-refractivity contribution in [1.29, 1.82) is 0 Å². The fourth-order valence-electron chi connectivity index (χ4n) is 2.45. The average molecular weight is 330 g/mol. The number of carbonyl (C=O) groups excluding carboxylic acids is 2. The van der Waals surface area contributed by atoms with E-state index >= 15 is 0 Å². The van der Waals surface area contributed by atoms with Crippen LogP contribution in [0.4, 0.5) is 9.59 Å². The molecule has 0 saturated carbocycles. The highest BCUT2D eigenvalue weighted by molar-refractivity contribution is 5.68. The summed E-state index contributed by atoms with van der Waals surface area (Å²) in [6.45, 7) is 16.3. The number of rotatable bonds is 9. The highest BCUT2D eigenvalue weighted by atomic mass is 16.6. The molecule has 0 rings (SSSR count). The Kier molecular flexibility index (Phi) is 10.4. The van der Waals surface area contributed by atoms with Crippen LogP contribution in [0.3, 0.4) is 0 Å². The van der Waals surface area contributed by atoms with Crippen LogP contribution in [0.5, 0.6) is 0 Å². The lowest BCUT2D eigenvalue weighted by Gasteiger charge is -2.30. The number of carbonyl (C=O) groups is 2. The van der Waals surface area contributed by atoms with Crippen molar-refractivity contribution in [2.45, 2.75) is 54.6 Å². The fourth-order valence-corrected chi connectivity index (χ4v) is 2.45. The first-order valence-corrected chi connectivity index (χ1v) is 8.69. The van der Waals surface area contributed by atoms with Gasteiger partial charge in [-0.15, -0.1) is 0 Å². The molecule has 0 spiro atoms. The predicted octanol–water partition coefficient (Wildman–Crippen LogP) is 3.60. The Bertz CT molecular complexity index is 353. The van der Waals surface area contributed by atoms with Crippen LogP contribution in [0, 0.1) is 11.8 Å². The van der Waals surface area contributed by atoms with Crippen molar-refractivity contribution in [3.8, 4) is 0 Å². The lowest BCUT2D eigenvalue weighted by atomic mass is 9.95. The van der Waals surface area contributed by atoms with E-state index in [0.717, 1.165) is 0 Å². The maximum absolute atomic E-state index is 12.2. The first kappa shape index (κ1) is 21.5. The van der Waals surface area contributed by atoms with Gasteiger partial charge in [0.05, 0.1) is 6.61 Å². The van der Waals surface area contributed by atoms with Crippen molar-refractivity contribution in [1.82, 2.24) is 9.80 Å². The molecule has 0 fully saturated rings. The third kappa shape index (κ3) is 7.10. The SMILES string of the molecule is CCN(CC)C(=O)OCC(C)C(OC(=O)N(CC)CC)C(C)C. The first-order chi connectivity index (χ1) is 10.8. The Morgan fingerprint density at radius 2 is 1.26 bits per heavy atom. The minimum absolute atomic E-state index is 0.0611. The molecule has 0 N–H and O–H groups in total. The van der Waals surface area contributed by atoms with Crippen molar-refractivity contribution in [3.05, 3.63) is 0 Å². The molecule has 0 radical (unpaired) electrons. The van der Waals surface area contributed by atoms with Crippen molar-refractivity contribution in [2.75, 3.05) is 32.8 Å². The van der Waals surface area contributed by atoms with E-state index in [1.165, 1.54) is 0 Å². The minimum Gasteiger partial charge on any atom is -0.449 e. The van der Waals surface area contributed by atoms with Gasteiger partial charge in [-0.2, -0.15) is 0 Å². The highest BCUT2D eigenvalue weighted by Crippen LogP contribution is 2.19. The summed E-state index contributed by atoms with van der Waals surface area (Å²) in [6, 6.07) is 0. The zero-order valence-corrected chi connectivity index (χ0v) is 15.8. The normalized spacial score (nSPS) is 13.4. The van der Waals surface area contributed by atoms with Gasteiger partial charge in [0.2, 0.25) is 0 Å². The molecule has 2 atom stereocenters. The van der Waals surface area contributed by atoms with Crippen molar-refractivity contribution in [2.24, 2.45) is 11.8 Å². The number of ether oxygens (including phenoxy) is 2. The number of nitrogens with zero attached hydrogens (tertiary/aromatic N) is 2. The zero-order valence-electron chi connectivity index (χ0n) is 15.8. The van der Waals surface area contributed by atoms with Gasteiger partial charge >= 0.3 is 12.2 Å². The summed E-state index contributed by atoms with van der Waals surface area (Å²) in [4.78, 5) is 27.3. The van der Waals surface area contributed by atoms with Crippen LogP contribution in [-0.2, 0) is 9.47 Å². The van der Waals surface area contributed by atoms with Gasteiger partial charge in [0.1, 0.15) is 6.10 Å². The van der Waals surface area contributed by atoms with Gasteiger partial charge < -0.3 is 19.3 Å². The Hall–Kier alpha value is -1.46. The van der Waals surface area contributed by atoms with Crippen molar-refractivity contribution < 1.29 is 19.1 Å². The Morgan fingerprint density at radius 3 is 1.65 bits per heavy atom. The second-order valence-electron chi connectivity index (χ2n) is 5.99.